The van der Waals surface area contributed by atoms with Crippen molar-refractivity contribution in [1.82, 2.24) is 9.97 Å². The molecule has 0 bridgehead atoms. The second-order valence-corrected chi connectivity index (χ2v) is 11.8. The van der Waals surface area contributed by atoms with E-state index in [1.165, 1.54) is 11.1 Å². The van der Waals surface area contributed by atoms with Crippen molar-refractivity contribution in [3.05, 3.63) is 192 Å². The van der Waals surface area contributed by atoms with Gasteiger partial charge in [0.25, 0.3) is 0 Å². The van der Waals surface area contributed by atoms with Gasteiger partial charge in [0, 0.05) is 33.7 Å². The molecule has 0 aliphatic carbocycles. The van der Waals surface area contributed by atoms with Crippen LogP contribution in [0.2, 0.25) is 0 Å². The summed E-state index contributed by atoms with van der Waals surface area (Å²) in [6, 6.07) is 57.7. The second-order valence-electron chi connectivity index (χ2n) is 11.8. The Bertz CT molecular complexity index is 2360. The highest BCUT2D eigenvalue weighted by atomic mass is 16.5. The summed E-state index contributed by atoms with van der Waals surface area (Å²) in [5.41, 5.74) is 10.1. The smallest absolute Gasteiger partial charge is 0.132 e. The highest BCUT2D eigenvalue weighted by Crippen LogP contribution is 2.55. The summed E-state index contributed by atoms with van der Waals surface area (Å²) in [4.78, 5) is 9.75. The van der Waals surface area contributed by atoms with Crippen LogP contribution in [-0.4, -0.2) is 9.97 Å². The first-order chi connectivity index (χ1) is 22.8. The molecule has 9 rings (SSSR count). The lowest BCUT2D eigenvalue weighted by molar-refractivity contribution is 0.435. The van der Waals surface area contributed by atoms with Crippen LogP contribution >= 0.6 is 0 Å². The summed E-state index contributed by atoms with van der Waals surface area (Å²) in [5.74, 6) is 1.73. The standard InChI is InChI=1S/C43H28N2O/c1-3-14-34(15-4-1)43(35-16-5-2-6-17-35)36-18-7-8-19-39(36)46-40-28-32(22-24-37(40)43)31-11-9-12-33(27-31)38-25-23-30-21-20-29-13-10-26-44-41(29)42(30)45-38/h1-28H. The quantitative estimate of drug-likeness (QED) is 0.192. The molecule has 2 aromatic heterocycles. The van der Waals surface area contributed by atoms with Crippen LogP contribution in [0.15, 0.2) is 170 Å². The van der Waals surface area contributed by atoms with E-state index in [1.54, 1.807) is 0 Å². The molecule has 0 radical (unpaired) electrons. The van der Waals surface area contributed by atoms with E-state index in [-0.39, 0.29) is 0 Å². The Morgan fingerprint density at radius 2 is 1.09 bits per heavy atom. The number of aromatic nitrogens is 2. The van der Waals surface area contributed by atoms with Crippen LogP contribution in [0.1, 0.15) is 22.3 Å². The van der Waals surface area contributed by atoms with Gasteiger partial charge < -0.3 is 4.74 Å². The molecule has 0 N–H and O–H groups in total. The van der Waals surface area contributed by atoms with Crippen LogP contribution in [-0.2, 0) is 5.41 Å². The number of ether oxygens (including phenoxy) is 1. The highest BCUT2D eigenvalue weighted by molar-refractivity contribution is 6.03. The van der Waals surface area contributed by atoms with E-state index in [0.717, 1.165) is 66.8 Å². The lowest BCUT2D eigenvalue weighted by atomic mass is 9.63. The number of pyridine rings is 2. The Balaban J connectivity index is 1.20. The molecule has 216 valence electrons. The fraction of sp³-hybridized carbons (Fsp3) is 0.0233. The van der Waals surface area contributed by atoms with Crippen molar-refractivity contribution in [3.63, 3.8) is 0 Å². The van der Waals surface area contributed by atoms with E-state index < -0.39 is 5.41 Å². The average molecular weight is 589 g/mol. The average Bonchev–Trinajstić information content (AvgIpc) is 3.14. The van der Waals surface area contributed by atoms with Crippen LogP contribution in [0.5, 0.6) is 11.5 Å². The minimum absolute atomic E-state index is 0.529. The second kappa shape index (κ2) is 10.5. The number of nitrogens with zero attached hydrogens (tertiary/aromatic N) is 2. The maximum Gasteiger partial charge on any atom is 0.132 e. The van der Waals surface area contributed by atoms with Gasteiger partial charge in [-0.25, -0.2) is 4.98 Å². The molecule has 0 unspecified atom stereocenters. The molecule has 8 aromatic rings. The molecule has 3 heterocycles. The Hall–Kier alpha value is -6.06. The summed E-state index contributed by atoms with van der Waals surface area (Å²) in [7, 11) is 0. The molecule has 3 heteroatoms. The van der Waals surface area contributed by atoms with E-state index in [1.807, 2.05) is 18.3 Å². The zero-order valence-corrected chi connectivity index (χ0v) is 25.0. The number of fused-ring (bicyclic) bond motifs is 5. The van der Waals surface area contributed by atoms with Crippen molar-refractivity contribution in [3.8, 4) is 33.9 Å². The lowest BCUT2D eigenvalue weighted by Crippen LogP contribution is -2.34. The van der Waals surface area contributed by atoms with E-state index in [9.17, 15) is 0 Å². The maximum absolute atomic E-state index is 6.72. The molecule has 0 fully saturated rings. The van der Waals surface area contributed by atoms with Gasteiger partial charge in [-0.2, -0.15) is 0 Å². The Labute approximate surface area is 267 Å². The van der Waals surface area contributed by atoms with Crippen molar-refractivity contribution in [2.24, 2.45) is 0 Å². The van der Waals surface area contributed by atoms with Gasteiger partial charge >= 0.3 is 0 Å². The molecular formula is C43H28N2O. The monoisotopic (exact) mass is 588 g/mol. The molecular weight excluding hydrogens is 560 g/mol. The van der Waals surface area contributed by atoms with Gasteiger partial charge in [0.2, 0.25) is 0 Å². The third kappa shape index (κ3) is 4.06. The Morgan fingerprint density at radius 3 is 1.89 bits per heavy atom. The van der Waals surface area contributed by atoms with E-state index >= 15 is 0 Å². The van der Waals surface area contributed by atoms with Crippen LogP contribution in [0.4, 0.5) is 0 Å². The zero-order chi connectivity index (χ0) is 30.5. The van der Waals surface area contributed by atoms with Crippen molar-refractivity contribution < 1.29 is 4.74 Å². The van der Waals surface area contributed by atoms with Crippen LogP contribution in [0.25, 0.3) is 44.2 Å². The Morgan fingerprint density at radius 1 is 0.435 bits per heavy atom. The Kier molecular flexibility index (Phi) is 6.04. The van der Waals surface area contributed by atoms with Crippen LogP contribution < -0.4 is 4.74 Å². The molecule has 0 spiro atoms. The van der Waals surface area contributed by atoms with Crippen LogP contribution in [0.3, 0.4) is 0 Å². The predicted molar refractivity (Wildman–Crippen MR) is 186 cm³/mol. The minimum Gasteiger partial charge on any atom is -0.457 e. The van der Waals surface area contributed by atoms with Gasteiger partial charge in [-0.05, 0) is 52.6 Å². The van der Waals surface area contributed by atoms with Crippen molar-refractivity contribution in [2.75, 3.05) is 0 Å². The third-order valence-corrected chi connectivity index (χ3v) is 9.23. The lowest BCUT2D eigenvalue weighted by Gasteiger charge is -2.41. The van der Waals surface area contributed by atoms with Gasteiger partial charge in [-0.1, -0.05) is 133 Å². The normalized spacial score (nSPS) is 13.1. The third-order valence-electron chi connectivity index (χ3n) is 9.23. The van der Waals surface area contributed by atoms with E-state index in [2.05, 4.69) is 157 Å². The van der Waals surface area contributed by atoms with Gasteiger partial charge in [0.05, 0.1) is 22.1 Å². The molecule has 0 saturated heterocycles. The number of hydrogen-bond donors (Lipinski definition) is 0. The van der Waals surface area contributed by atoms with E-state index in [0.29, 0.717) is 0 Å². The predicted octanol–water partition coefficient (Wildman–Crippen LogP) is 10.6. The first-order valence-corrected chi connectivity index (χ1v) is 15.6. The summed E-state index contributed by atoms with van der Waals surface area (Å²) in [6.07, 6.45) is 1.83. The molecule has 3 nitrogen and oxygen atoms in total. The minimum atomic E-state index is -0.529. The SMILES string of the molecule is c1ccc(C2(c3ccccc3)c3ccccc3Oc3cc(-c4cccc(-c5ccc6ccc7cccnc7c6n5)c4)ccc32)cc1. The van der Waals surface area contributed by atoms with Gasteiger partial charge in [0.15, 0.2) is 0 Å². The highest BCUT2D eigenvalue weighted by Gasteiger charge is 2.45. The topological polar surface area (TPSA) is 35.0 Å². The first-order valence-electron chi connectivity index (χ1n) is 15.6. The van der Waals surface area contributed by atoms with Crippen molar-refractivity contribution in [1.29, 1.82) is 0 Å². The van der Waals surface area contributed by atoms with E-state index in [4.69, 9.17) is 9.72 Å². The molecule has 1 aliphatic heterocycles. The number of para-hydroxylation sites is 1. The first kappa shape index (κ1) is 26.4. The number of benzene rings is 6. The largest absolute Gasteiger partial charge is 0.457 e. The molecule has 0 atom stereocenters. The molecule has 1 aliphatic rings. The molecule has 46 heavy (non-hydrogen) atoms. The summed E-state index contributed by atoms with van der Waals surface area (Å²) < 4.78 is 6.72. The molecule has 0 saturated carbocycles. The van der Waals surface area contributed by atoms with Gasteiger partial charge in [-0.15, -0.1) is 0 Å². The fourth-order valence-corrected chi connectivity index (χ4v) is 7.13. The summed E-state index contributed by atoms with van der Waals surface area (Å²) >= 11 is 0. The number of rotatable bonds is 4. The zero-order valence-electron chi connectivity index (χ0n) is 25.0. The van der Waals surface area contributed by atoms with Gasteiger partial charge in [-0.3, -0.25) is 4.98 Å². The van der Waals surface area contributed by atoms with Crippen LogP contribution in [0, 0.1) is 0 Å². The summed E-state index contributed by atoms with van der Waals surface area (Å²) in [5, 5.41) is 2.17. The molecule has 6 aromatic carbocycles. The summed E-state index contributed by atoms with van der Waals surface area (Å²) in [6.45, 7) is 0. The van der Waals surface area contributed by atoms with Gasteiger partial charge in [0.1, 0.15) is 11.5 Å². The fourth-order valence-electron chi connectivity index (χ4n) is 7.13. The number of hydrogen-bond acceptors (Lipinski definition) is 3. The molecule has 0 amide bonds. The van der Waals surface area contributed by atoms with Crippen molar-refractivity contribution >= 4 is 21.8 Å². The van der Waals surface area contributed by atoms with Crippen molar-refractivity contribution in [2.45, 2.75) is 5.41 Å². The maximum atomic E-state index is 6.72.